The number of halogens is 2. The van der Waals surface area contributed by atoms with Crippen LogP contribution in [0.25, 0.3) is 0 Å². The molecule has 1 amide bonds. The van der Waals surface area contributed by atoms with Crippen molar-refractivity contribution in [3.05, 3.63) is 101 Å². The van der Waals surface area contributed by atoms with Crippen LogP contribution in [0.2, 0.25) is 10.0 Å². The highest BCUT2D eigenvalue weighted by molar-refractivity contribution is 6.31. The molecule has 1 atom stereocenters. The van der Waals surface area contributed by atoms with Crippen molar-refractivity contribution in [3.8, 4) is 11.5 Å². The number of amides is 1. The lowest BCUT2D eigenvalue weighted by Crippen LogP contribution is -2.40. The summed E-state index contributed by atoms with van der Waals surface area (Å²) in [6, 6.07) is 20.1. The summed E-state index contributed by atoms with van der Waals surface area (Å²) in [6.45, 7) is 5.15. The molecule has 0 fully saturated rings. The summed E-state index contributed by atoms with van der Waals surface area (Å²) in [6.07, 6.45) is 2.84. The van der Waals surface area contributed by atoms with Crippen molar-refractivity contribution in [2.75, 3.05) is 25.0 Å². The van der Waals surface area contributed by atoms with E-state index >= 15 is 0 Å². The Bertz CT molecular complexity index is 1130. The maximum Gasteiger partial charge on any atom is 0.415 e. The third kappa shape index (κ3) is 6.04. The summed E-state index contributed by atoms with van der Waals surface area (Å²) < 4.78 is 11.3. The van der Waals surface area contributed by atoms with Gasteiger partial charge in [0.1, 0.15) is 18.1 Å². The fourth-order valence-electron chi connectivity index (χ4n) is 3.97. The Morgan fingerprint density at radius 3 is 2.47 bits per heavy atom. The van der Waals surface area contributed by atoms with Crippen LogP contribution < -0.4 is 14.8 Å². The van der Waals surface area contributed by atoms with Gasteiger partial charge in [-0.3, -0.25) is 4.90 Å². The second-order valence-corrected chi connectivity index (χ2v) is 8.86. The molecule has 1 unspecified atom stereocenters. The van der Waals surface area contributed by atoms with Crippen LogP contribution in [0.15, 0.2) is 79.4 Å². The van der Waals surface area contributed by atoms with Crippen LogP contribution in [0, 0.1) is 0 Å². The van der Waals surface area contributed by atoms with E-state index in [0.29, 0.717) is 35.5 Å². The summed E-state index contributed by atoms with van der Waals surface area (Å²) in [5, 5.41) is 4.80. The predicted molar refractivity (Wildman–Crippen MR) is 137 cm³/mol. The molecule has 34 heavy (non-hydrogen) atoms. The first-order valence-electron chi connectivity index (χ1n) is 11.1. The lowest BCUT2D eigenvalue weighted by atomic mass is 10.0. The van der Waals surface area contributed by atoms with Gasteiger partial charge in [-0.2, -0.15) is 0 Å². The Morgan fingerprint density at radius 2 is 1.74 bits per heavy atom. The number of nitrogens with one attached hydrogen (secondary N) is 1. The van der Waals surface area contributed by atoms with Crippen molar-refractivity contribution in [2.24, 2.45) is 0 Å². The second kappa shape index (κ2) is 11.3. The van der Waals surface area contributed by atoms with E-state index in [4.69, 9.17) is 32.7 Å². The molecule has 1 aliphatic rings. The van der Waals surface area contributed by atoms with Gasteiger partial charge < -0.3 is 14.8 Å². The summed E-state index contributed by atoms with van der Waals surface area (Å²) in [5.41, 5.74) is 3.13. The second-order valence-electron chi connectivity index (χ2n) is 7.99. The van der Waals surface area contributed by atoms with Crippen molar-refractivity contribution in [2.45, 2.75) is 18.9 Å². The number of carbonyl (C=O) groups excluding carboxylic acids is 1. The van der Waals surface area contributed by atoms with E-state index in [1.807, 2.05) is 42.5 Å². The highest BCUT2D eigenvalue weighted by atomic mass is 35.5. The fourth-order valence-corrected chi connectivity index (χ4v) is 4.29. The molecular formula is C27H26Cl2N2O3. The molecule has 0 spiro atoms. The molecule has 0 saturated carbocycles. The largest absolute Gasteiger partial charge is 0.490 e. The van der Waals surface area contributed by atoms with Crippen molar-refractivity contribution in [1.82, 2.24) is 4.90 Å². The SMILES string of the molecule is C=CCOc1ccc(C2CNc3ccc(Cl)cc3CCCN2C(=O)Oc2ccc(Cl)cc2)cc1. The van der Waals surface area contributed by atoms with Gasteiger partial charge in [0.05, 0.1) is 6.04 Å². The number of aryl methyl sites for hydroxylation is 1. The van der Waals surface area contributed by atoms with Gasteiger partial charge in [0.2, 0.25) is 0 Å². The fraction of sp³-hybridized carbons (Fsp3) is 0.222. The molecule has 0 saturated heterocycles. The van der Waals surface area contributed by atoms with Gasteiger partial charge >= 0.3 is 6.09 Å². The zero-order valence-corrected chi connectivity index (χ0v) is 20.2. The lowest BCUT2D eigenvalue weighted by Gasteiger charge is -2.31. The predicted octanol–water partition coefficient (Wildman–Crippen LogP) is 7.16. The zero-order chi connectivity index (χ0) is 23.9. The van der Waals surface area contributed by atoms with Gasteiger partial charge in [-0.25, -0.2) is 4.79 Å². The quantitative estimate of drug-likeness (QED) is 0.380. The van der Waals surface area contributed by atoms with Crippen LogP contribution in [0.1, 0.15) is 23.6 Å². The smallest absolute Gasteiger partial charge is 0.415 e. The summed E-state index contributed by atoms with van der Waals surface area (Å²) in [7, 11) is 0. The normalized spacial score (nSPS) is 15.7. The van der Waals surface area contributed by atoms with E-state index in [0.717, 1.165) is 35.4 Å². The van der Waals surface area contributed by atoms with Crippen molar-refractivity contribution >= 4 is 35.0 Å². The molecule has 4 rings (SSSR count). The molecule has 3 aromatic rings. The zero-order valence-electron chi connectivity index (χ0n) is 18.7. The van der Waals surface area contributed by atoms with Crippen LogP contribution in [-0.2, 0) is 6.42 Å². The molecule has 1 heterocycles. The van der Waals surface area contributed by atoms with Gasteiger partial charge in [0.15, 0.2) is 0 Å². The maximum absolute atomic E-state index is 13.3. The van der Waals surface area contributed by atoms with Gasteiger partial charge in [0, 0.05) is 28.8 Å². The summed E-state index contributed by atoms with van der Waals surface area (Å²) in [4.78, 5) is 15.1. The van der Waals surface area contributed by atoms with Crippen molar-refractivity contribution in [1.29, 1.82) is 0 Å². The number of hydrogen-bond acceptors (Lipinski definition) is 4. The number of ether oxygens (including phenoxy) is 2. The molecule has 7 heteroatoms. The Hall–Kier alpha value is -3.15. The standard InChI is InChI=1S/C27H26Cl2N2O3/c1-2-16-33-23-10-5-19(6-11-23)26-18-30-25-14-9-22(29)17-20(25)4-3-15-31(26)27(32)34-24-12-7-21(28)8-13-24/h2,5-14,17,26,30H,1,3-4,15-16,18H2. The number of rotatable bonds is 5. The molecule has 0 bridgehead atoms. The number of hydrogen-bond donors (Lipinski definition) is 1. The minimum Gasteiger partial charge on any atom is -0.490 e. The van der Waals surface area contributed by atoms with E-state index in [-0.39, 0.29) is 6.04 Å². The molecule has 0 radical (unpaired) electrons. The van der Waals surface area contributed by atoms with Crippen LogP contribution in [0.4, 0.5) is 10.5 Å². The van der Waals surface area contributed by atoms with Gasteiger partial charge in [-0.15, -0.1) is 0 Å². The Labute approximate surface area is 209 Å². The minimum atomic E-state index is -0.412. The van der Waals surface area contributed by atoms with Gasteiger partial charge in [0.25, 0.3) is 0 Å². The average molecular weight is 497 g/mol. The average Bonchev–Trinajstić information content (AvgIpc) is 2.93. The van der Waals surface area contributed by atoms with Crippen LogP contribution in [0.3, 0.4) is 0 Å². The topological polar surface area (TPSA) is 50.8 Å². The maximum atomic E-state index is 13.3. The Kier molecular flexibility index (Phi) is 7.99. The molecule has 1 N–H and O–H groups in total. The van der Waals surface area contributed by atoms with E-state index in [2.05, 4.69) is 11.9 Å². The Balaban J connectivity index is 1.62. The molecule has 0 aromatic heterocycles. The summed E-state index contributed by atoms with van der Waals surface area (Å²) >= 11 is 12.2. The molecule has 176 valence electrons. The van der Waals surface area contributed by atoms with Crippen molar-refractivity contribution in [3.63, 3.8) is 0 Å². The van der Waals surface area contributed by atoms with E-state index in [1.165, 1.54) is 0 Å². The van der Waals surface area contributed by atoms with E-state index < -0.39 is 6.09 Å². The van der Waals surface area contributed by atoms with Crippen LogP contribution >= 0.6 is 23.2 Å². The first-order chi connectivity index (χ1) is 16.5. The first kappa shape index (κ1) is 24.0. The monoisotopic (exact) mass is 496 g/mol. The number of carbonyl (C=O) groups is 1. The van der Waals surface area contributed by atoms with Crippen LogP contribution in [0.5, 0.6) is 11.5 Å². The third-order valence-corrected chi connectivity index (χ3v) is 6.15. The minimum absolute atomic E-state index is 0.255. The number of fused-ring (bicyclic) bond motifs is 1. The number of benzene rings is 3. The Morgan fingerprint density at radius 1 is 1.03 bits per heavy atom. The lowest BCUT2D eigenvalue weighted by molar-refractivity contribution is 0.133. The number of nitrogens with zero attached hydrogens (tertiary/aromatic N) is 1. The highest BCUT2D eigenvalue weighted by Crippen LogP contribution is 2.30. The number of anilines is 1. The summed E-state index contributed by atoms with van der Waals surface area (Å²) in [5.74, 6) is 1.19. The molecule has 3 aromatic carbocycles. The first-order valence-corrected chi connectivity index (χ1v) is 11.9. The van der Waals surface area contributed by atoms with Gasteiger partial charge in [-0.05, 0) is 78.6 Å². The molecule has 0 aliphatic carbocycles. The van der Waals surface area contributed by atoms with E-state index in [1.54, 1.807) is 35.2 Å². The van der Waals surface area contributed by atoms with Crippen LogP contribution in [-0.4, -0.2) is 30.7 Å². The van der Waals surface area contributed by atoms with Crippen molar-refractivity contribution < 1.29 is 14.3 Å². The molecule has 1 aliphatic heterocycles. The molecule has 5 nitrogen and oxygen atoms in total. The third-order valence-electron chi connectivity index (χ3n) is 5.66. The highest BCUT2D eigenvalue weighted by Gasteiger charge is 2.28. The molecular weight excluding hydrogens is 471 g/mol. The van der Waals surface area contributed by atoms with E-state index in [9.17, 15) is 4.79 Å². The van der Waals surface area contributed by atoms with Gasteiger partial charge in [-0.1, -0.05) is 48.0 Å².